The van der Waals surface area contributed by atoms with E-state index in [1.807, 2.05) is 20.8 Å². The normalized spacial score (nSPS) is 20.5. The molecule has 1 unspecified atom stereocenters. The molecular weight excluding hydrogens is 290 g/mol. The van der Waals surface area contributed by atoms with Crippen LogP contribution in [0.5, 0.6) is 5.75 Å². The van der Waals surface area contributed by atoms with Gasteiger partial charge in [-0.2, -0.15) is 0 Å². The maximum absolute atomic E-state index is 12.2. The lowest BCUT2D eigenvalue weighted by molar-refractivity contribution is 0.0941. The molecule has 6 heteroatoms. The number of rotatable bonds is 4. The quantitative estimate of drug-likeness (QED) is 0.918. The lowest BCUT2D eigenvalue weighted by atomic mass is 10.1. The van der Waals surface area contributed by atoms with E-state index in [0.717, 1.165) is 11.3 Å². The highest BCUT2D eigenvalue weighted by molar-refractivity contribution is 7.91. The third-order valence-corrected chi connectivity index (χ3v) is 5.14. The number of hydrogen-bond donors (Lipinski definition) is 1. The van der Waals surface area contributed by atoms with Crippen molar-refractivity contribution in [3.63, 3.8) is 0 Å². The molecule has 0 radical (unpaired) electrons. The zero-order chi connectivity index (χ0) is 15.6. The second kappa shape index (κ2) is 6.05. The number of benzene rings is 1. The Bertz CT molecular complexity index is 637. The molecule has 0 aromatic heterocycles. The molecule has 1 aliphatic heterocycles. The van der Waals surface area contributed by atoms with Gasteiger partial charge in [-0.15, -0.1) is 0 Å². The SMILES string of the molecule is Cc1cc(C(=O)NC2CCS(=O)(=O)C2)ccc1OC(C)C. The number of carbonyl (C=O) groups is 1. The largest absolute Gasteiger partial charge is 0.491 e. The Morgan fingerprint density at radius 1 is 1.38 bits per heavy atom. The second-order valence-corrected chi connectivity index (χ2v) is 7.95. The van der Waals surface area contributed by atoms with Gasteiger partial charge in [0, 0.05) is 11.6 Å². The molecule has 1 heterocycles. The van der Waals surface area contributed by atoms with Crippen molar-refractivity contribution >= 4 is 15.7 Å². The molecule has 0 saturated carbocycles. The highest BCUT2D eigenvalue weighted by Crippen LogP contribution is 2.21. The monoisotopic (exact) mass is 311 g/mol. The number of carbonyl (C=O) groups excluding carboxylic acids is 1. The van der Waals surface area contributed by atoms with E-state index < -0.39 is 9.84 Å². The van der Waals surface area contributed by atoms with Gasteiger partial charge >= 0.3 is 0 Å². The first-order chi connectivity index (χ1) is 9.77. The zero-order valence-electron chi connectivity index (χ0n) is 12.5. The van der Waals surface area contributed by atoms with E-state index in [1.165, 1.54) is 0 Å². The molecule has 5 nitrogen and oxygen atoms in total. The molecule has 21 heavy (non-hydrogen) atoms. The molecule has 0 bridgehead atoms. The van der Waals surface area contributed by atoms with Crippen LogP contribution in [-0.2, 0) is 9.84 Å². The van der Waals surface area contributed by atoms with Crippen molar-refractivity contribution in [1.82, 2.24) is 5.32 Å². The Morgan fingerprint density at radius 3 is 2.62 bits per heavy atom. The minimum absolute atomic E-state index is 0.0340. The standard InChI is InChI=1S/C15H21NO4S/c1-10(2)20-14-5-4-12(8-11(14)3)15(17)16-13-6-7-21(18,19)9-13/h4-5,8,10,13H,6-7,9H2,1-3H3,(H,16,17). The van der Waals surface area contributed by atoms with Gasteiger partial charge in [-0.3, -0.25) is 4.79 Å². The van der Waals surface area contributed by atoms with Crippen LogP contribution in [-0.4, -0.2) is 38.0 Å². The van der Waals surface area contributed by atoms with Crippen molar-refractivity contribution in [1.29, 1.82) is 0 Å². The van der Waals surface area contributed by atoms with Gasteiger partial charge in [0.2, 0.25) is 0 Å². The third-order valence-electron chi connectivity index (χ3n) is 3.37. The van der Waals surface area contributed by atoms with Gasteiger partial charge in [0.05, 0.1) is 17.6 Å². The predicted octanol–water partition coefficient (Wildman–Crippen LogP) is 1.70. The molecule has 1 atom stereocenters. The molecule has 1 aromatic carbocycles. The first-order valence-electron chi connectivity index (χ1n) is 7.05. The van der Waals surface area contributed by atoms with Crippen LogP contribution in [0, 0.1) is 6.92 Å². The molecule has 1 saturated heterocycles. The Hall–Kier alpha value is -1.56. The van der Waals surface area contributed by atoms with Crippen molar-refractivity contribution in [3.8, 4) is 5.75 Å². The van der Waals surface area contributed by atoms with Crippen LogP contribution in [0.1, 0.15) is 36.2 Å². The molecule has 1 N–H and O–H groups in total. The molecule has 0 spiro atoms. The van der Waals surface area contributed by atoms with Crippen LogP contribution in [0.25, 0.3) is 0 Å². The summed E-state index contributed by atoms with van der Waals surface area (Å²) in [7, 11) is -2.99. The van der Waals surface area contributed by atoms with Crippen LogP contribution in [0.3, 0.4) is 0 Å². The maximum atomic E-state index is 12.2. The fraction of sp³-hybridized carbons (Fsp3) is 0.533. The third kappa shape index (κ3) is 4.20. The van der Waals surface area contributed by atoms with Crippen LogP contribution >= 0.6 is 0 Å². The summed E-state index contributed by atoms with van der Waals surface area (Å²) in [6, 6.07) is 4.95. The van der Waals surface area contributed by atoms with E-state index >= 15 is 0 Å². The number of hydrogen-bond acceptors (Lipinski definition) is 4. The van der Waals surface area contributed by atoms with Gasteiger partial charge in [-0.05, 0) is 51.0 Å². The lowest BCUT2D eigenvalue weighted by Gasteiger charge is -2.14. The summed E-state index contributed by atoms with van der Waals surface area (Å²) in [5.41, 5.74) is 1.41. The van der Waals surface area contributed by atoms with E-state index in [1.54, 1.807) is 18.2 Å². The Labute approximate surface area is 125 Å². The summed E-state index contributed by atoms with van der Waals surface area (Å²) < 4.78 is 28.4. The molecule has 1 aliphatic rings. The lowest BCUT2D eigenvalue weighted by Crippen LogP contribution is -2.35. The van der Waals surface area contributed by atoms with Crippen LogP contribution in [0.15, 0.2) is 18.2 Å². The van der Waals surface area contributed by atoms with E-state index in [-0.39, 0.29) is 29.6 Å². The topological polar surface area (TPSA) is 72.5 Å². The number of aryl methyl sites for hydroxylation is 1. The van der Waals surface area contributed by atoms with Gasteiger partial charge in [-0.25, -0.2) is 8.42 Å². The van der Waals surface area contributed by atoms with Crippen molar-refractivity contribution < 1.29 is 17.9 Å². The highest BCUT2D eigenvalue weighted by Gasteiger charge is 2.29. The summed E-state index contributed by atoms with van der Waals surface area (Å²) in [6.07, 6.45) is 0.564. The molecule has 0 aliphatic carbocycles. The minimum Gasteiger partial charge on any atom is -0.491 e. The maximum Gasteiger partial charge on any atom is 0.251 e. The zero-order valence-corrected chi connectivity index (χ0v) is 13.4. The number of ether oxygens (including phenoxy) is 1. The van der Waals surface area contributed by atoms with Crippen molar-refractivity contribution in [3.05, 3.63) is 29.3 Å². The minimum atomic E-state index is -2.99. The number of amides is 1. The predicted molar refractivity (Wildman–Crippen MR) is 81.5 cm³/mol. The number of sulfone groups is 1. The molecule has 1 amide bonds. The molecule has 2 rings (SSSR count). The Balaban J connectivity index is 2.05. The second-order valence-electron chi connectivity index (χ2n) is 5.72. The highest BCUT2D eigenvalue weighted by atomic mass is 32.2. The van der Waals surface area contributed by atoms with Crippen LogP contribution < -0.4 is 10.1 Å². The molecule has 1 fully saturated rings. The van der Waals surface area contributed by atoms with Crippen molar-refractivity contribution in [2.24, 2.45) is 0 Å². The summed E-state index contributed by atoms with van der Waals surface area (Å²) in [5, 5.41) is 2.78. The first kappa shape index (κ1) is 15.8. The average Bonchev–Trinajstić information content (AvgIpc) is 2.70. The van der Waals surface area contributed by atoms with E-state index in [2.05, 4.69) is 5.32 Å². The Kier molecular flexibility index (Phi) is 4.56. The van der Waals surface area contributed by atoms with Gasteiger partial charge in [-0.1, -0.05) is 0 Å². The molecule has 1 aromatic rings. The van der Waals surface area contributed by atoms with Crippen molar-refractivity contribution in [2.75, 3.05) is 11.5 Å². The summed E-state index contributed by atoms with van der Waals surface area (Å²) >= 11 is 0. The van der Waals surface area contributed by atoms with Gasteiger partial charge in [0.25, 0.3) is 5.91 Å². The average molecular weight is 311 g/mol. The Morgan fingerprint density at radius 2 is 2.10 bits per heavy atom. The summed E-state index contributed by atoms with van der Waals surface area (Å²) in [4.78, 5) is 12.2. The fourth-order valence-corrected chi connectivity index (χ4v) is 4.03. The molecule has 116 valence electrons. The first-order valence-corrected chi connectivity index (χ1v) is 8.87. The van der Waals surface area contributed by atoms with Gasteiger partial charge in [0.15, 0.2) is 9.84 Å². The summed E-state index contributed by atoms with van der Waals surface area (Å²) in [5.74, 6) is 0.700. The van der Waals surface area contributed by atoms with E-state index in [4.69, 9.17) is 4.74 Å². The molecular formula is C15H21NO4S. The fourth-order valence-electron chi connectivity index (χ4n) is 2.35. The van der Waals surface area contributed by atoms with Gasteiger partial charge < -0.3 is 10.1 Å². The van der Waals surface area contributed by atoms with Crippen molar-refractivity contribution in [2.45, 2.75) is 39.3 Å². The number of nitrogens with one attached hydrogen (secondary N) is 1. The van der Waals surface area contributed by atoms with E-state index in [9.17, 15) is 13.2 Å². The van der Waals surface area contributed by atoms with Crippen LogP contribution in [0.4, 0.5) is 0 Å². The summed E-state index contributed by atoms with van der Waals surface area (Å²) in [6.45, 7) is 5.77. The van der Waals surface area contributed by atoms with Crippen LogP contribution in [0.2, 0.25) is 0 Å². The smallest absolute Gasteiger partial charge is 0.251 e. The van der Waals surface area contributed by atoms with Gasteiger partial charge in [0.1, 0.15) is 5.75 Å². The van der Waals surface area contributed by atoms with E-state index in [0.29, 0.717) is 12.0 Å².